The molecule has 13 heteroatoms. The van der Waals surface area contributed by atoms with Crippen LogP contribution in [0.3, 0.4) is 0 Å². The van der Waals surface area contributed by atoms with E-state index in [1.165, 1.54) is 6.92 Å². The topological polar surface area (TPSA) is 88.2 Å². The Balaban J connectivity index is 1.26. The lowest BCUT2D eigenvalue weighted by Crippen LogP contribution is -2.45. The van der Waals surface area contributed by atoms with E-state index >= 15 is 4.39 Å². The minimum absolute atomic E-state index is 0.0724. The Morgan fingerprint density at radius 2 is 1.73 bits per heavy atom. The number of carboxylic acid groups (broad SMARTS) is 1. The number of aryl methyl sites for hydroxylation is 2. The van der Waals surface area contributed by atoms with Gasteiger partial charge in [-0.1, -0.05) is 29.4 Å². The summed E-state index contributed by atoms with van der Waals surface area (Å²) in [6.07, 6.45) is -7.84. The fraction of sp³-hybridized carbons (Fsp3) is 0.323. The second-order valence-corrected chi connectivity index (χ2v) is 11.2. The largest absolute Gasteiger partial charge is 0.481 e. The van der Waals surface area contributed by atoms with Gasteiger partial charge in [-0.3, -0.25) is 4.79 Å². The minimum Gasteiger partial charge on any atom is -0.481 e. The van der Waals surface area contributed by atoms with Gasteiger partial charge in [0.1, 0.15) is 5.82 Å². The SMILES string of the molecule is Cc1cc(-c2nc(-c3ccc4c(c3)CCC4NC3CC(C(=O)O)C3)no2)c(F)cc1-c1cccc(C(F)(F)F)c1C(F)(F)F. The monoisotopic (exact) mass is 619 g/mol. The molecule has 1 fully saturated rings. The molecule has 230 valence electrons. The third kappa shape index (κ3) is 5.44. The Morgan fingerprint density at radius 3 is 2.41 bits per heavy atom. The van der Waals surface area contributed by atoms with E-state index in [1.54, 1.807) is 6.07 Å². The fourth-order valence-electron chi connectivity index (χ4n) is 6.07. The van der Waals surface area contributed by atoms with Crippen LogP contribution in [0.25, 0.3) is 34.0 Å². The molecule has 6 nitrogen and oxygen atoms in total. The second kappa shape index (κ2) is 10.7. The van der Waals surface area contributed by atoms with Gasteiger partial charge >= 0.3 is 18.3 Å². The van der Waals surface area contributed by atoms with Gasteiger partial charge in [-0.15, -0.1) is 0 Å². The number of carbonyl (C=O) groups is 1. The summed E-state index contributed by atoms with van der Waals surface area (Å²) in [5, 5.41) is 16.6. The van der Waals surface area contributed by atoms with Gasteiger partial charge < -0.3 is 14.9 Å². The summed E-state index contributed by atoms with van der Waals surface area (Å²) in [4.78, 5) is 15.4. The zero-order valence-electron chi connectivity index (χ0n) is 23.0. The molecule has 2 N–H and O–H groups in total. The van der Waals surface area contributed by atoms with Crippen molar-refractivity contribution in [3.05, 3.63) is 82.2 Å². The van der Waals surface area contributed by atoms with Gasteiger partial charge in [0.2, 0.25) is 5.82 Å². The van der Waals surface area contributed by atoms with Crippen LogP contribution in [0.1, 0.15) is 53.1 Å². The number of fused-ring (bicyclic) bond motifs is 1. The van der Waals surface area contributed by atoms with Gasteiger partial charge in [0, 0.05) is 17.6 Å². The highest BCUT2D eigenvalue weighted by Gasteiger charge is 2.45. The number of hydrogen-bond acceptors (Lipinski definition) is 5. The molecule has 6 rings (SSSR count). The Hall–Kier alpha value is -4.26. The normalized spacial score (nSPS) is 20.0. The minimum atomic E-state index is -5.35. The van der Waals surface area contributed by atoms with Gasteiger partial charge in [0.15, 0.2) is 0 Å². The molecule has 0 saturated heterocycles. The molecule has 0 radical (unpaired) electrons. The van der Waals surface area contributed by atoms with Crippen molar-refractivity contribution in [2.24, 2.45) is 5.92 Å². The van der Waals surface area contributed by atoms with Gasteiger partial charge in [-0.05, 0) is 84.7 Å². The average Bonchev–Trinajstić information content (AvgIpc) is 3.57. The van der Waals surface area contributed by atoms with E-state index in [9.17, 15) is 31.1 Å². The van der Waals surface area contributed by atoms with Crippen molar-refractivity contribution in [2.45, 2.75) is 57.0 Å². The fourth-order valence-corrected chi connectivity index (χ4v) is 6.07. The van der Waals surface area contributed by atoms with Crippen LogP contribution in [0.5, 0.6) is 0 Å². The summed E-state index contributed by atoms with van der Waals surface area (Å²) in [5.74, 6) is -2.23. The average molecular weight is 620 g/mol. The number of halogens is 7. The quantitative estimate of drug-likeness (QED) is 0.213. The summed E-state index contributed by atoms with van der Waals surface area (Å²) in [6.45, 7) is 1.35. The maximum atomic E-state index is 15.3. The van der Waals surface area contributed by atoms with Gasteiger partial charge in [0.05, 0.1) is 22.6 Å². The van der Waals surface area contributed by atoms with E-state index in [0.717, 1.165) is 48.2 Å². The molecule has 1 atom stereocenters. The maximum Gasteiger partial charge on any atom is 0.417 e. The van der Waals surface area contributed by atoms with Gasteiger partial charge in [-0.2, -0.15) is 31.3 Å². The van der Waals surface area contributed by atoms with Crippen LogP contribution in [-0.2, 0) is 23.6 Å². The number of hydrogen-bond donors (Lipinski definition) is 2. The second-order valence-electron chi connectivity index (χ2n) is 11.2. The summed E-state index contributed by atoms with van der Waals surface area (Å²) < 4.78 is 102. The molecule has 1 saturated carbocycles. The van der Waals surface area contributed by atoms with E-state index in [2.05, 4.69) is 15.5 Å². The lowest BCUT2D eigenvalue weighted by atomic mass is 9.80. The number of alkyl halides is 6. The van der Waals surface area contributed by atoms with Crippen LogP contribution in [0, 0.1) is 18.7 Å². The zero-order chi connectivity index (χ0) is 31.6. The Morgan fingerprint density at radius 1 is 0.977 bits per heavy atom. The molecule has 44 heavy (non-hydrogen) atoms. The third-order valence-electron chi connectivity index (χ3n) is 8.32. The summed E-state index contributed by atoms with van der Waals surface area (Å²) in [6, 6.07) is 9.79. The summed E-state index contributed by atoms with van der Waals surface area (Å²) >= 11 is 0. The lowest BCUT2D eigenvalue weighted by molar-refractivity contribution is -0.161. The molecule has 0 spiro atoms. The summed E-state index contributed by atoms with van der Waals surface area (Å²) in [7, 11) is 0. The van der Waals surface area contributed by atoms with E-state index in [4.69, 9.17) is 9.63 Å². The number of aromatic nitrogens is 2. The molecule has 1 heterocycles. The van der Waals surface area contributed by atoms with Crippen molar-refractivity contribution in [1.82, 2.24) is 15.5 Å². The molecule has 0 amide bonds. The first kappa shape index (κ1) is 29.8. The van der Waals surface area contributed by atoms with Crippen LogP contribution < -0.4 is 5.32 Å². The Kier molecular flexibility index (Phi) is 7.26. The highest BCUT2D eigenvalue weighted by molar-refractivity contribution is 5.76. The molecule has 2 aliphatic carbocycles. The Labute approximate surface area is 245 Å². The van der Waals surface area contributed by atoms with Crippen molar-refractivity contribution < 1.29 is 45.2 Å². The number of rotatable bonds is 6. The van der Waals surface area contributed by atoms with E-state index in [-0.39, 0.29) is 46.4 Å². The third-order valence-corrected chi connectivity index (χ3v) is 8.32. The lowest BCUT2D eigenvalue weighted by Gasteiger charge is -2.35. The van der Waals surface area contributed by atoms with Crippen molar-refractivity contribution in [1.29, 1.82) is 0 Å². The van der Waals surface area contributed by atoms with Crippen molar-refractivity contribution in [3.8, 4) is 34.0 Å². The van der Waals surface area contributed by atoms with Crippen LogP contribution in [-0.4, -0.2) is 27.3 Å². The van der Waals surface area contributed by atoms with Crippen LogP contribution >= 0.6 is 0 Å². The first-order chi connectivity index (χ1) is 20.7. The van der Waals surface area contributed by atoms with Crippen LogP contribution in [0.2, 0.25) is 0 Å². The van der Waals surface area contributed by atoms with E-state index < -0.39 is 40.8 Å². The van der Waals surface area contributed by atoms with Crippen molar-refractivity contribution >= 4 is 5.97 Å². The number of aliphatic carboxylic acids is 1. The number of nitrogens with one attached hydrogen (secondary N) is 1. The Bertz CT molecular complexity index is 1760. The highest BCUT2D eigenvalue weighted by Crippen LogP contribution is 2.46. The standard InChI is InChI=1S/C31H24F7N3O3/c1-14-9-22(24(32)13-21(14)20-3-2-4-23(30(33,34)35)26(20)31(36,37)38)28-40-27(41-44-28)16-5-7-19-15(10-16)6-8-25(19)39-18-11-17(12-18)29(42)43/h2-5,7,9-10,13,17-18,25,39H,6,8,11-12H2,1H3,(H,42,43). The molecule has 3 aromatic carbocycles. The van der Waals surface area contributed by atoms with Crippen molar-refractivity contribution in [2.75, 3.05) is 0 Å². The predicted octanol–water partition coefficient (Wildman–Crippen LogP) is 8.00. The molecular formula is C31H24F7N3O3. The highest BCUT2D eigenvalue weighted by atomic mass is 19.4. The smallest absolute Gasteiger partial charge is 0.417 e. The summed E-state index contributed by atoms with van der Waals surface area (Å²) in [5.41, 5.74) is -2.32. The van der Waals surface area contributed by atoms with Crippen LogP contribution in [0.15, 0.2) is 53.1 Å². The number of carboxylic acids is 1. The zero-order valence-corrected chi connectivity index (χ0v) is 23.0. The molecular weight excluding hydrogens is 595 g/mol. The number of benzene rings is 3. The maximum absolute atomic E-state index is 15.3. The van der Waals surface area contributed by atoms with E-state index in [0.29, 0.717) is 24.5 Å². The van der Waals surface area contributed by atoms with Crippen molar-refractivity contribution in [3.63, 3.8) is 0 Å². The van der Waals surface area contributed by atoms with Gasteiger partial charge in [0.25, 0.3) is 5.89 Å². The predicted molar refractivity (Wildman–Crippen MR) is 144 cm³/mol. The first-order valence-electron chi connectivity index (χ1n) is 13.7. The van der Waals surface area contributed by atoms with Gasteiger partial charge in [-0.25, -0.2) is 4.39 Å². The van der Waals surface area contributed by atoms with Crippen LogP contribution in [0.4, 0.5) is 30.7 Å². The first-order valence-corrected chi connectivity index (χ1v) is 13.7. The van der Waals surface area contributed by atoms with E-state index in [1.807, 2.05) is 12.1 Å². The molecule has 0 aliphatic heterocycles. The number of nitrogens with zero attached hydrogens (tertiary/aromatic N) is 2. The molecule has 0 bridgehead atoms. The molecule has 1 unspecified atom stereocenters. The molecule has 2 aliphatic rings. The molecule has 4 aromatic rings. The molecule has 1 aromatic heterocycles.